The maximum absolute atomic E-state index is 12.3. The molecule has 1 aliphatic heterocycles. The fraction of sp³-hybridized carbons (Fsp3) is 0.304. The Bertz CT molecular complexity index is 996. The number of ether oxygens (including phenoxy) is 1. The molecule has 0 unspecified atom stereocenters. The monoisotopic (exact) mass is 373 g/mol. The number of hydrogen-bond donors (Lipinski definition) is 0. The Morgan fingerprint density at radius 1 is 1.11 bits per heavy atom. The smallest absolute Gasteiger partial charge is 0.410 e. The van der Waals surface area contributed by atoms with E-state index >= 15 is 0 Å². The van der Waals surface area contributed by atoms with Crippen molar-refractivity contribution < 1.29 is 9.53 Å². The number of nitriles is 1. The van der Waals surface area contributed by atoms with Gasteiger partial charge in [-0.1, -0.05) is 18.2 Å². The molecule has 3 aromatic rings. The summed E-state index contributed by atoms with van der Waals surface area (Å²) in [7, 11) is 0. The van der Waals surface area contributed by atoms with Gasteiger partial charge in [-0.05, 0) is 61.6 Å². The molecule has 5 nitrogen and oxygen atoms in total. The lowest BCUT2D eigenvalue weighted by Crippen LogP contribution is -2.40. The maximum atomic E-state index is 12.3. The van der Waals surface area contributed by atoms with Crippen LogP contribution >= 0.6 is 0 Å². The predicted molar refractivity (Wildman–Crippen MR) is 108 cm³/mol. The first-order chi connectivity index (χ1) is 13.7. The number of carbonyl (C=O) groups excluding carboxylic acids is 1. The molecule has 0 N–H and O–H groups in total. The van der Waals surface area contributed by atoms with E-state index in [0.717, 1.165) is 44.3 Å². The third-order valence-electron chi connectivity index (χ3n) is 5.50. The summed E-state index contributed by atoms with van der Waals surface area (Å²) in [5.74, 6) is 1.20. The van der Waals surface area contributed by atoms with Gasteiger partial charge >= 0.3 is 6.09 Å². The number of aromatic nitrogens is 1. The molecule has 0 aliphatic carbocycles. The Morgan fingerprint density at radius 3 is 2.64 bits per heavy atom. The Hall–Kier alpha value is -3.26. The van der Waals surface area contributed by atoms with Crippen molar-refractivity contribution >= 4 is 17.0 Å². The van der Waals surface area contributed by atoms with Crippen molar-refractivity contribution in [2.45, 2.75) is 25.8 Å². The average molecular weight is 373 g/mol. The van der Waals surface area contributed by atoms with Gasteiger partial charge < -0.3 is 14.2 Å². The number of fused-ring (bicyclic) bond motifs is 1. The van der Waals surface area contributed by atoms with Crippen LogP contribution in [0.25, 0.3) is 10.9 Å². The van der Waals surface area contributed by atoms with Crippen LogP contribution in [-0.2, 0) is 6.54 Å². The van der Waals surface area contributed by atoms with E-state index in [1.807, 2.05) is 36.4 Å². The van der Waals surface area contributed by atoms with Gasteiger partial charge in [0.1, 0.15) is 5.75 Å². The quantitative estimate of drug-likeness (QED) is 0.659. The van der Waals surface area contributed by atoms with Gasteiger partial charge in [0.2, 0.25) is 0 Å². The van der Waals surface area contributed by atoms with Crippen LogP contribution in [0.4, 0.5) is 4.79 Å². The van der Waals surface area contributed by atoms with E-state index in [-0.39, 0.29) is 6.09 Å². The highest BCUT2D eigenvalue weighted by Crippen LogP contribution is 2.24. The zero-order chi connectivity index (χ0) is 19.3. The van der Waals surface area contributed by atoms with Crippen LogP contribution in [0.3, 0.4) is 0 Å². The summed E-state index contributed by atoms with van der Waals surface area (Å²) in [5.41, 5.74) is 1.86. The summed E-state index contributed by atoms with van der Waals surface area (Å²) in [6.07, 6.45) is 4.93. The molecule has 1 aromatic heterocycles. The van der Waals surface area contributed by atoms with Crippen LogP contribution < -0.4 is 4.74 Å². The second-order valence-electron chi connectivity index (χ2n) is 7.29. The van der Waals surface area contributed by atoms with Gasteiger partial charge in [0.05, 0.1) is 11.6 Å². The average Bonchev–Trinajstić information content (AvgIpc) is 3.15. The van der Waals surface area contributed by atoms with Crippen molar-refractivity contribution in [1.29, 1.82) is 5.26 Å². The molecule has 1 saturated heterocycles. The first kappa shape index (κ1) is 18.1. The number of nitrogens with zero attached hydrogens (tertiary/aromatic N) is 3. The summed E-state index contributed by atoms with van der Waals surface area (Å²) >= 11 is 0. The predicted octanol–water partition coefficient (Wildman–Crippen LogP) is 4.81. The Labute approximate surface area is 164 Å². The summed E-state index contributed by atoms with van der Waals surface area (Å²) < 4.78 is 7.69. The van der Waals surface area contributed by atoms with E-state index < -0.39 is 0 Å². The number of piperidine rings is 1. The highest BCUT2D eigenvalue weighted by Gasteiger charge is 2.24. The van der Waals surface area contributed by atoms with Crippen molar-refractivity contribution in [3.8, 4) is 11.8 Å². The van der Waals surface area contributed by atoms with Crippen molar-refractivity contribution in [1.82, 2.24) is 9.47 Å². The maximum Gasteiger partial charge on any atom is 0.415 e. The molecule has 142 valence electrons. The lowest BCUT2D eigenvalue weighted by Gasteiger charge is -2.31. The van der Waals surface area contributed by atoms with Gasteiger partial charge in [-0.25, -0.2) is 4.79 Å². The minimum Gasteiger partial charge on any atom is -0.410 e. The van der Waals surface area contributed by atoms with E-state index in [2.05, 4.69) is 22.9 Å². The number of likely N-dealkylation sites (tertiary alicyclic amines) is 1. The third-order valence-corrected chi connectivity index (χ3v) is 5.50. The second-order valence-corrected chi connectivity index (χ2v) is 7.29. The fourth-order valence-corrected chi connectivity index (χ4v) is 3.84. The van der Waals surface area contributed by atoms with Crippen molar-refractivity contribution in [3.63, 3.8) is 0 Å². The Morgan fingerprint density at radius 2 is 1.89 bits per heavy atom. The lowest BCUT2D eigenvalue weighted by molar-refractivity contribution is 0.128. The second kappa shape index (κ2) is 8.18. The molecule has 0 saturated carbocycles. The largest absolute Gasteiger partial charge is 0.415 e. The Kier molecular flexibility index (Phi) is 5.29. The molecule has 28 heavy (non-hydrogen) atoms. The lowest BCUT2D eigenvalue weighted by atomic mass is 9.94. The van der Waals surface area contributed by atoms with Crippen LogP contribution in [0.15, 0.2) is 60.8 Å². The summed E-state index contributed by atoms with van der Waals surface area (Å²) in [4.78, 5) is 14.1. The van der Waals surface area contributed by atoms with Crippen LogP contribution in [0.1, 0.15) is 24.8 Å². The standard InChI is InChI=1S/C23H23N3O2/c24-17-19-6-7-22-20(16-19)11-15-25(22)12-8-18-9-13-26(14-10-18)23(27)28-21-4-2-1-3-5-21/h1-7,11,15-16,18H,8-10,12-14H2. The minimum atomic E-state index is -0.255. The molecule has 0 radical (unpaired) electrons. The molecular weight excluding hydrogens is 350 g/mol. The number of carbonyl (C=O) groups is 1. The summed E-state index contributed by atoms with van der Waals surface area (Å²) in [5, 5.41) is 10.1. The van der Waals surface area contributed by atoms with Gasteiger partial charge in [0.15, 0.2) is 0 Å². The van der Waals surface area contributed by atoms with Crippen LogP contribution in [0.2, 0.25) is 0 Å². The number of hydrogen-bond acceptors (Lipinski definition) is 3. The number of aryl methyl sites for hydroxylation is 1. The highest BCUT2D eigenvalue weighted by atomic mass is 16.6. The number of para-hydroxylation sites is 1. The first-order valence-electron chi connectivity index (χ1n) is 9.74. The van der Waals surface area contributed by atoms with E-state index in [0.29, 0.717) is 17.2 Å². The van der Waals surface area contributed by atoms with Gasteiger partial charge in [0.25, 0.3) is 0 Å². The van der Waals surface area contributed by atoms with Crippen LogP contribution in [0.5, 0.6) is 5.75 Å². The molecular formula is C23H23N3O2. The van der Waals surface area contributed by atoms with E-state index in [1.54, 1.807) is 17.0 Å². The SMILES string of the molecule is N#Cc1ccc2c(ccn2CCC2CCN(C(=O)Oc3ccccc3)CC2)c1. The molecule has 0 bridgehead atoms. The van der Waals surface area contributed by atoms with Crippen LogP contribution in [0, 0.1) is 17.2 Å². The zero-order valence-corrected chi connectivity index (χ0v) is 15.8. The first-order valence-corrected chi connectivity index (χ1v) is 9.74. The van der Waals surface area contributed by atoms with Gasteiger partial charge in [-0.15, -0.1) is 0 Å². The van der Waals surface area contributed by atoms with Gasteiger partial charge in [0, 0.05) is 36.7 Å². The summed E-state index contributed by atoms with van der Waals surface area (Å²) in [6.45, 7) is 2.44. The molecule has 1 fully saturated rings. The summed E-state index contributed by atoms with van der Waals surface area (Å²) in [6, 6.07) is 19.3. The number of amides is 1. The van der Waals surface area contributed by atoms with Gasteiger partial charge in [-0.3, -0.25) is 0 Å². The highest BCUT2D eigenvalue weighted by molar-refractivity contribution is 5.81. The fourth-order valence-electron chi connectivity index (χ4n) is 3.84. The molecule has 4 rings (SSSR count). The number of benzene rings is 2. The molecule has 2 heterocycles. The van der Waals surface area contributed by atoms with E-state index in [9.17, 15) is 4.79 Å². The zero-order valence-electron chi connectivity index (χ0n) is 15.8. The Balaban J connectivity index is 1.28. The normalized spacial score (nSPS) is 14.8. The molecule has 0 atom stereocenters. The molecule has 1 amide bonds. The van der Waals surface area contributed by atoms with Crippen molar-refractivity contribution in [2.24, 2.45) is 5.92 Å². The van der Waals surface area contributed by atoms with E-state index in [1.165, 1.54) is 5.52 Å². The van der Waals surface area contributed by atoms with Crippen molar-refractivity contribution in [2.75, 3.05) is 13.1 Å². The van der Waals surface area contributed by atoms with Gasteiger partial charge in [-0.2, -0.15) is 5.26 Å². The molecule has 1 aliphatic rings. The van der Waals surface area contributed by atoms with E-state index in [4.69, 9.17) is 10.00 Å². The van der Waals surface area contributed by atoms with Crippen molar-refractivity contribution in [3.05, 3.63) is 66.4 Å². The topological polar surface area (TPSA) is 58.3 Å². The molecule has 0 spiro atoms. The molecule has 2 aromatic carbocycles. The molecule has 5 heteroatoms. The minimum absolute atomic E-state index is 0.255. The third kappa shape index (κ3) is 4.01. The van der Waals surface area contributed by atoms with Crippen LogP contribution in [-0.4, -0.2) is 28.6 Å². The number of rotatable bonds is 4.